The molecule has 2 aliphatic rings. The third-order valence-electron chi connectivity index (χ3n) is 7.34. The first-order chi connectivity index (χ1) is 16.1. The van der Waals surface area contributed by atoms with Crippen molar-refractivity contribution in [3.8, 4) is 0 Å². The molecule has 1 atom stereocenters. The van der Waals surface area contributed by atoms with Crippen LogP contribution in [0.15, 0.2) is 42.7 Å². The molecule has 1 aromatic heterocycles. The number of hydrogen-bond acceptors (Lipinski definition) is 4. The van der Waals surface area contributed by atoms with Gasteiger partial charge in [0.15, 0.2) is 0 Å². The number of hydrogen-bond donors (Lipinski definition) is 0. The van der Waals surface area contributed by atoms with Crippen LogP contribution >= 0.6 is 0 Å². The minimum atomic E-state index is -0.0414. The molecule has 0 N–H and O–H groups in total. The second-order valence-electron chi connectivity index (χ2n) is 11.0. The van der Waals surface area contributed by atoms with Gasteiger partial charge in [-0.2, -0.15) is 0 Å². The van der Waals surface area contributed by atoms with Crippen molar-refractivity contribution in [1.82, 2.24) is 14.8 Å². The van der Waals surface area contributed by atoms with Crippen molar-refractivity contribution in [3.05, 3.63) is 59.4 Å². The molecule has 0 saturated carbocycles. The number of fused-ring (bicyclic) bond motifs is 1. The van der Waals surface area contributed by atoms with Gasteiger partial charge in [0.05, 0.1) is 6.04 Å². The number of pyridine rings is 1. The van der Waals surface area contributed by atoms with Gasteiger partial charge in [0, 0.05) is 63.3 Å². The highest BCUT2D eigenvalue weighted by Gasteiger charge is 2.32. The van der Waals surface area contributed by atoms with Crippen molar-refractivity contribution in [2.75, 3.05) is 32.1 Å². The first kappa shape index (κ1) is 24.2. The van der Waals surface area contributed by atoms with Gasteiger partial charge in [0.2, 0.25) is 5.91 Å². The van der Waals surface area contributed by atoms with Crippen molar-refractivity contribution < 1.29 is 9.59 Å². The lowest BCUT2D eigenvalue weighted by Gasteiger charge is -2.38. The summed E-state index contributed by atoms with van der Waals surface area (Å²) in [5.41, 5.74) is 4.26. The fourth-order valence-electron chi connectivity index (χ4n) is 5.30. The number of aryl methyl sites for hydroxylation is 1. The van der Waals surface area contributed by atoms with Crippen LogP contribution in [-0.2, 0) is 11.2 Å². The van der Waals surface area contributed by atoms with E-state index in [0.717, 1.165) is 49.9 Å². The molecule has 6 nitrogen and oxygen atoms in total. The first-order valence-electron chi connectivity index (χ1n) is 12.4. The first-order valence-corrected chi connectivity index (χ1v) is 12.4. The smallest absolute Gasteiger partial charge is 0.253 e. The Kier molecular flexibility index (Phi) is 6.96. The van der Waals surface area contributed by atoms with E-state index in [4.69, 9.17) is 0 Å². The average Bonchev–Trinajstić information content (AvgIpc) is 3.25. The van der Waals surface area contributed by atoms with Gasteiger partial charge in [0.1, 0.15) is 0 Å². The number of anilines is 1. The summed E-state index contributed by atoms with van der Waals surface area (Å²) in [6.07, 6.45) is 7.94. The van der Waals surface area contributed by atoms with Crippen LogP contribution in [0.25, 0.3) is 0 Å². The van der Waals surface area contributed by atoms with Crippen molar-refractivity contribution in [3.63, 3.8) is 0 Å². The maximum atomic E-state index is 13.4. The lowest BCUT2D eigenvalue weighted by molar-refractivity contribution is -0.134. The topological polar surface area (TPSA) is 56.8 Å². The van der Waals surface area contributed by atoms with Gasteiger partial charge in [-0.05, 0) is 66.5 Å². The van der Waals surface area contributed by atoms with Gasteiger partial charge in [-0.1, -0.05) is 26.8 Å². The summed E-state index contributed by atoms with van der Waals surface area (Å²) < 4.78 is 0. The maximum Gasteiger partial charge on any atom is 0.253 e. The minimum Gasteiger partial charge on any atom is -0.371 e. The highest BCUT2D eigenvalue weighted by molar-refractivity contribution is 5.94. The molecule has 0 bridgehead atoms. The third kappa shape index (κ3) is 5.26. The van der Waals surface area contributed by atoms with Crippen LogP contribution in [0.2, 0.25) is 0 Å². The molecule has 34 heavy (non-hydrogen) atoms. The summed E-state index contributed by atoms with van der Waals surface area (Å²) in [6, 6.07) is 10.4. The quantitative estimate of drug-likeness (QED) is 0.646. The average molecular weight is 463 g/mol. The van der Waals surface area contributed by atoms with E-state index in [1.54, 1.807) is 0 Å². The molecular weight excluding hydrogens is 424 g/mol. The number of carbonyl (C=O) groups excluding carboxylic acids is 2. The normalized spacial score (nSPS) is 18.5. The van der Waals surface area contributed by atoms with Gasteiger partial charge >= 0.3 is 0 Å². The molecular formula is C28H38N4O2. The van der Waals surface area contributed by atoms with Crippen LogP contribution in [0.4, 0.5) is 5.69 Å². The summed E-state index contributed by atoms with van der Waals surface area (Å²) in [7, 11) is 3.84. The van der Waals surface area contributed by atoms with E-state index in [1.807, 2.05) is 60.6 Å². The highest BCUT2D eigenvalue weighted by Crippen LogP contribution is 2.37. The zero-order chi connectivity index (χ0) is 24.5. The zero-order valence-corrected chi connectivity index (χ0v) is 21.3. The molecule has 1 saturated heterocycles. The molecule has 182 valence electrons. The number of carbonyl (C=O) groups is 2. The summed E-state index contributed by atoms with van der Waals surface area (Å²) in [5, 5.41) is 0. The number of piperidine rings is 1. The SMILES string of the molecule is CN(C(=O)c1ccc2c(c1)C(N(C)C(=O)CC(C)(C)C)CC2)C1CCN(c2ccncc2)CC1. The van der Waals surface area contributed by atoms with Crippen LogP contribution < -0.4 is 4.90 Å². The van der Waals surface area contributed by atoms with E-state index in [1.165, 1.54) is 11.3 Å². The third-order valence-corrected chi connectivity index (χ3v) is 7.34. The molecule has 0 spiro atoms. The maximum absolute atomic E-state index is 13.4. The Morgan fingerprint density at radius 2 is 1.68 bits per heavy atom. The zero-order valence-electron chi connectivity index (χ0n) is 21.3. The van der Waals surface area contributed by atoms with E-state index < -0.39 is 0 Å². The summed E-state index contributed by atoms with van der Waals surface area (Å²) in [4.78, 5) is 36.6. The van der Waals surface area contributed by atoms with Gasteiger partial charge in [0.25, 0.3) is 5.91 Å². The fraction of sp³-hybridized carbons (Fsp3) is 0.536. The van der Waals surface area contributed by atoms with Crippen molar-refractivity contribution in [1.29, 1.82) is 0 Å². The van der Waals surface area contributed by atoms with Gasteiger partial charge < -0.3 is 14.7 Å². The Balaban J connectivity index is 1.43. The van der Waals surface area contributed by atoms with Crippen molar-refractivity contribution >= 4 is 17.5 Å². The van der Waals surface area contributed by atoms with E-state index in [9.17, 15) is 9.59 Å². The predicted octanol–water partition coefficient (Wildman–Crippen LogP) is 4.70. The molecule has 6 heteroatoms. The van der Waals surface area contributed by atoms with Crippen LogP contribution in [0.3, 0.4) is 0 Å². The van der Waals surface area contributed by atoms with Gasteiger partial charge in [-0.3, -0.25) is 14.6 Å². The monoisotopic (exact) mass is 462 g/mol. The number of benzene rings is 1. The molecule has 4 rings (SSSR count). The van der Waals surface area contributed by atoms with Crippen LogP contribution in [-0.4, -0.2) is 59.8 Å². The van der Waals surface area contributed by atoms with Crippen LogP contribution in [0.5, 0.6) is 0 Å². The Hall–Kier alpha value is -2.89. The van der Waals surface area contributed by atoms with Gasteiger partial charge in [-0.25, -0.2) is 0 Å². The summed E-state index contributed by atoms with van der Waals surface area (Å²) >= 11 is 0. The lowest BCUT2D eigenvalue weighted by Crippen LogP contribution is -2.45. The van der Waals surface area contributed by atoms with Gasteiger partial charge in [-0.15, -0.1) is 0 Å². The van der Waals surface area contributed by atoms with E-state index >= 15 is 0 Å². The number of aromatic nitrogens is 1. The van der Waals surface area contributed by atoms with Crippen LogP contribution in [0, 0.1) is 5.41 Å². The Bertz CT molecular complexity index is 1020. The van der Waals surface area contributed by atoms with E-state index in [2.05, 4.69) is 36.7 Å². The van der Waals surface area contributed by atoms with Crippen LogP contribution in [0.1, 0.15) is 74.0 Å². The van der Waals surface area contributed by atoms with Crippen molar-refractivity contribution in [2.45, 2.75) is 65.0 Å². The molecule has 1 fully saturated rings. The molecule has 0 radical (unpaired) electrons. The second kappa shape index (κ2) is 9.77. The molecule has 2 amide bonds. The largest absolute Gasteiger partial charge is 0.371 e. The Morgan fingerprint density at radius 1 is 1.00 bits per heavy atom. The second-order valence-corrected chi connectivity index (χ2v) is 11.0. The number of nitrogens with zero attached hydrogens (tertiary/aromatic N) is 4. The summed E-state index contributed by atoms with van der Waals surface area (Å²) in [6.45, 7) is 8.14. The molecule has 1 aromatic carbocycles. The highest BCUT2D eigenvalue weighted by atomic mass is 16.2. The van der Waals surface area contributed by atoms with E-state index in [-0.39, 0.29) is 29.3 Å². The van der Waals surface area contributed by atoms with Crippen molar-refractivity contribution in [2.24, 2.45) is 5.41 Å². The fourth-order valence-corrected chi connectivity index (χ4v) is 5.30. The molecule has 1 aliphatic heterocycles. The predicted molar refractivity (Wildman–Crippen MR) is 136 cm³/mol. The molecule has 2 aromatic rings. The Morgan fingerprint density at radius 3 is 2.32 bits per heavy atom. The molecule has 1 aliphatic carbocycles. The number of rotatable bonds is 5. The number of amides is 2. The lowest BCUT2D eigenvalue weighted by atomic mass is 9.91. The standard InChI is InChI=1S/C28H38N4O2/c1-28(2,3)19-26(33)31(5)25-9-8-20-6-7-21(18-24(20)25)27(34)30(4)22-12-16-32(17-13-22)23-10-14-29-15-11-23/h6-7,10-11,14-15,18,22,25H,8-9,12-13,16-17,19H2,1-5H3. The molecule has 1 unspecified atom stereocenters. The molecule has 2 heterocycles. The Labute approximate surface area is 204 Å². The summed E-state index contributed by atoms with van der Waals surface area (Å²) in [5.74, 6) is 0.236. The minimum absolute atomic E-state index is 0.0414. The van der Waals surface area contributed by atoms with E-state index in [0.29, 0.717) is 6.42 Å².